The lowest BCUT2D eigenvalue weighted by Gasteiger charge is -2.03. The van der Waals surface area contributed by atoms with E-state index in [9.17, 15) is 0 Å². The molecule has 0 radical (unpaired) electrons. The van der Waals surface area contributed by atoms with Gasteiger partial charge in [0.25, 0.3) is 0 Å². The molecule has 0 bridgehead atoms. The monoisotopic (exact) mass is 296 g/mol. The largest absolute Gasteiger partial charge is 0.175 e. The van der Waals surface area contributed by atoms with Gasteiger partial charge in [0.1, 0.15) is 0 Å². The first-order valence-electron chi connectivity index (χ1n) is 5.83. The van der Waals surface area contributed by atoms with Gasteiger partial charge in [-0.3, -0.25) is 0 Å². The van der Waals surface area contributed by atoms with Gasteiger partial charge < -0.3 is 0 Å². The third-order valence-corrected chi connectivity index (χ3v) is 5.44. The van der Waals surface area contributed by atoms with E-state index in [-0.39, 0.29) is 0 Å². The third-order valence-electron chi connectivity index (χ3n) is 2.30. The van der Waals surface area contributed by atoms with Gasteiger partial charge in [-0.1, -0.05) is 71.1 Å². The number of hydrogen-bond acceptors (Lipinski definition) is 5. The molecule has 0 N–H and O–H groups in total. The summed E-state index contributed by atoms with van der Waals surface area (Å²) in [7, 11) is 0. The summed E-state index contributed by atoms with van der Waals surface area (Å²) < 4.78 is 2.13. The molecule has 2 aromatic rings. The number of rotatable bonds is 5. The van der Waals surface area contributed by atoms with Gasteiger partial charge in [0.15, 0.2) is 8.68 Å². The Balaban J connectivity index is 1.97. The quantitative estimate of drug-likeness (QED) is 0.755. The van der Waals surface area contributed by atoms with Crippen LogP contribution in [0.5, 0.6) is 0 Å². The second-order valence-electron chi connectivity index (χ2n) is 4.05. The fourth-order valence-corrected chi connectivity index (χ4v) is 4.58. The number of aromatic nitrogens is 2. The highest BCUT2D eigenvalue weighted by atomic mass is 32.2. The van der Waals surface area contributed by atoms with Crippen LogP contribution in [-0.4, -0.2) is 16.0 Å². The van der Waals surface area contributed by atoms with E-state index >= 15 is 0 Å². The van der Waals surface area contributed by atoms with Crippen LogP contribution in [0.25, 0.3) is 0 Å². The van der Waals surface area contributed by atoms with Crippen LogP contribution in [-0.2, 0) is 5.75 Å². The zero-order valence-electron chi connectivity index (χ0n) is 10.8. The molecule has 0 aliphatic heterocycles. The molecule has 0 saturated carbocycles. The molecule has 0 fully saturated rings. The Hall–Kier alpha value is -0.520. The van der Waals surface area contributed by atoms with Crippen LogP contribution < -0.4 is 0 Å². The first-order valence-corrected chi connectivity index (χ1v) is 8.62. The second kappa shape index (κ2) is 6.59. The molecule has 0 atom stereocenters. The summed E-state index contributed by atoms with van der Waals surface area (Å²) in [5, 5.41) is 8.37. The summed E-state index contributed by atoms with van der Waals surface area (Å²) in [6.07, 6.45) is 0. The van der Waals surface area contributed by atoms with Crippen molar-refractivity contribution in [1.82, 2.24) is 10.2 Å². The van der Waals surface area contributed by atoms with E-state index in [4.69, 9.17) is 0 Å². The number of hydrogen-bond donors (Lipinski definition) is 0. The molecule has 0 amide bonds. The fraction of sp³-hybridized carbons (Fsp3) is 0.385. The number of aryl methyl sites for hydroxylation is 2. The van der Waals surface area contributed by atoms with Crippen molar-refractivity contribution in [2.24, 2.45) is 0 Å². The predicted octanol–water partition coefficient (Wildman–Crippen LogP) is 4.56. The summed E-state index contributed by atoms with van der Waals surface area (Å²) in [6, 6.07) is 6.68. The van der Waals surface area contributed by atoms with Crippen molar-refractivity contribution in [2.75, 3.05) is 5.75 Å². The maximum Gasteiger partial charge on any atom is 0.175 e. The van der Waals surface area contributed by atoms with Gasteiger partial charge in [-0.2, -0.15) is 0 Å². The minimum absolute atomic E-state index is 0.966. The lowest BCUT2D eigenvalue weighted by molar-refractivity contribution is 0.954. The van der Waals surface area contributed by atoms with Crippen LogP contribution in [0, 0.1) is 13.8 Å². The first kappa shape index (κ1) is 13.9. The van der Waals surface area contributed by atoms with Crippen LogP contribution in [0.15, 0.2) is 26.9 Å². The lowest BCUT2D eigenvalue weighted by Crippen LogP contribution is -1.85. The molecule has 0 saturated heterocycles. The van der Waals surface area contributed by atoms with Gasteiger partial charge in [-0.25, -0.2) is 0 Å². The van der Waals surface area contributed by atoms with Crippen LogP contribution >= 0.6 is 34.9 Å². The van der Waals surface area contributed by atoms with E-state index < -0.39 is 0 Å². The summed E-state index contributed by atoms with van der Waals surface area (Å²) in [4.78, 5) is 0. The van der Waals surface area contributed by atoms with Crippen LogP contribution in [0.2, 0.25) is 0 Å². The summed E-state index contributed by atoms with van der Waals surface area (Å²) in [5.74, 6) is 2.02. The summed E-state index contributed by atoms with van der Waals surface area (Å²) >= 11 is 5.21. The number of benzene rings is 1. The van der Waals surface area contributed by atoms with Crippen molar-refractivity contribution >= 4 is 34.9 Å². The van der Waals surface area contributed by atoms with Gasteiger partial charge >= 0.3 is 0 Å². The number of thioether (sulfide) groups is 2. The minimum Gasteiger partial charge on any atom is -0.131 e. The maximum absolute atomic E-state index is 4.21. The van der Waals surface area contributed by atoms with Gasteiger partial charge in [0.05, 0.1) is 0 Å². The Labute approximate surface area is 121 Å². The molecular weight excluding hydrogens is 280 g/mol. The maximum atomic E-state index is 4.21. The van der Waals surface area contributed by atoms with Crippen molar-refractivity contribution in [3.8, 4) is 0 Å². The standard InChI is InChI=1S/C13H16N2S3/c1-4-16-12-14-15-13(18-12)17-8-11-6-9(2)5-10(3)7-11/h5-7H,4,8H2,1-3H3. The average Bonchev–Trinajstić information content (AvgIpc) is 2.74. The zero-order chi connectivity index (χ0) is 13.0. The van der Waals surface area contributed by atoms with Gasteiger partial charge in [0, 0.05) is 5.75 Å². The first-order chi connectivity index (χ1) is 8.67. The zero-order valence-corrected chi connectivity index (χ0v) is 13.2. The normalized spacial score (nSPS) is 10.8. The Kier molecular flexibility index (Phi) is 5.09. The molecule has 0 spiro atoms. The SMILES string of the molecule is CCSc1nnc(SCc2cc(C)cc(C)c2)s1. The Morgan fingerprint density at radius 2 is 1.61 bits per heavy atom. The highest BCUT2D eigenvalue weighted by Gasteiger charge is 2.05. The molecule has 1 heterocycles. The van der Waals surface area contributed by atoms with E-state index in [2.05, 4.69) is 49.2 Å². The van der Waals surface area contributed by atoms with Crippen molar-refractivity contribution in [1.29, 1.82) is 0 Å². The molecule has 5 heteroatoms. The summed E-state index contributed by atoms with van der Waals surface area (Å²) in [5.41, 5.74) is 4.01. The molecule has 2 rings (SSSR count). The molecule has 1 aromatic carbocycles. The lowest BCUT2D eigenvalue weighted by atomic mass is 10.1. The van der Waals surface area contributed by atoms with Crippen molar-refractivity contribution in [2.45, 2.75) is 35.2 Å². The molecular formula is C13H16N2S3. The van der Waals surface area contributed by atoms with E-state index in [0.29, 0.717) is 0 Å². The average molecular weight is 296 g/mol. The van der Waals surface area contributed by atoms with E-state index in [1.54, 1.807) is 34.9 Å². The van der Waals surface area contributed by atoms with E-state index in [0.717, 1.165) is 20.2 Å². The molecule has 96 valence electrons. The Bertz CT molecular complexity index is 502. The van der Waals surface area contributed by atoms with E-state index in [1.807, 2.05) is 0 Å². The topological polar surface area (TPSA) is 25.8 Å². The fourth-order valence-electron chi connectivity index (χ4n) is 1.73. The molecule has 0 unspecified atom stereocenters. The highest BCUT2D eigenvalue weighted by molar-refractivity contribution is 8.02. The van der Waals surface area contributed by atoms with E-state index in [1.165, 1.54) is 16.7 Å². The number of nitrogens with zero attached hydrogens (tertiary/aromatic N) is 2. The molecule has 0 aliphatic carbocycles. The second-order valence-corrected chi connectivity index (χ2v) is 7.76. The predicted molar refractivity (Wildman–Crippen MR) is 81.8 cm³/mol. The van der Waals surface area contributed by atoms with Crippen molar-refractivity contribution < 1.29 is 0 Å². The minimum atomic E-state index is 0.966. The molecule has 1 aromatic heterocycles. The van der Waals surface area contributed by atoms with Gasteiger partial charge in [-0.15, -0.1) is 10.2 Å². The van der Waals surface area contributed by atoms with Crippen LogP contribution in [0.4, 0.5) is 0 Å². The third kappa shape index (κ3) is 4.00. The van der Waals surface area contributed by atoms with Crippen molar-refractivity contribution in [3.05, 3.63) is 34.9 Å². The Morgan fingerprint density at radius 3 is 2.22 bits per heavy atom. The molecule has 2 nitrogen and oxygen atoms in total. The molecule has 18 heavy (non-hydrogen) atoms. The Morgan fingerprint density at radius 1 is 1.00 bits per heavy atom. The van der Waals surface area contributed by atoms with Crippen LogP contribution in [0.3, 0.4) is 0 Å². The smallest absolute Gasteiger partial charge is 0.131 e. The molecule has 0 aliphatic rings. The van der Waals surface area contributed by atoms with Crippen LogP contribution in [0.1, 0.15) is 23.6 Å². The summed E-state index contributed by atoms with van der Waals surface area (Å²) in [6.45, 7) is 6.42. The van der Waals surface area contributed by atoms with Gasteiger partial charge in [0.2, 0.25) is 0 Å². The van der Waals surface area contributed by atoms with Crippen molar-refractivity contribution in [3.63, 3.8) is 0 Å². The van der Waals surface area contributed by atoms with Gasteiger partial charge in [-0.05, 0) is 25.2 Å². The highest BCUT2D eigenvalue weighted by Crippen LogP contribution is 2.30.